The number of nitrogens with two attached hydrogens (primary N) is 1. The molecular weight excluding hydrogens is 186 g/mol. The zero-order valence-electron chi connectivity index (χ0n) is 9.48. The molecular formula is C12H19N3. The minimum absolute atomic E-state index is 0.235. The van der Waals surface area contributed by atoms with E-state index in [0.29, 0.717) is 5.92 Å². The van der Waals surface area contributed by atoms with Crippen molar-refractivity contribution < 1.29 is 0 Å². The maximum atomic E-state index is 5.88. The third-order valence-corrected chi connectivity index (χ3v) is 3.19. The first-order valence-corrected chi connectivity index (χ1v) is 5.77. The van der Waals surface area contributed by atoms with E-state index in [1.807, 2.05) is 12.4 Å². The summed E-state index contributed by atoms with van der Waals surface area (Å²) < 4.78 is 0. The number of hydrogen-bond acceptors (Lipinski definition) is 3. The van der Waals surface area contributed by atoms with Crippen LogP contribution >= 0.6 is 0 Å². The summed E-state index contributed by atoms with van der Waals surface area (Å²) in [5.74, 6) is 2.39. The van der Waals surface area contributed by atoms with Gasteiger partial charge in [0.05, 0.1) is 0 Å². The van der Waals surface area contributed by atoms with Gasteiger partial charge in [-0.05, 0) is 30.7 Å². The van der Waals surface area contributed by atoms with E-state index < -0.39 is 0 Å². The van der Waals surface area contributed by atoms with Gasteiger partial charge in [-0.1, -0.05) is 13.8 Å². The molecule has 15 heavy (non-hydrogen) atoms. The van der Waals surface area contributed by atoms with E-state index in [9.17, 15) is 0 Å². The molecule has 1 fully saturated rings. The lowest BCUT2D eigenvalue weighted by molar-refractivity contribution is 0.642. The number of hydrogen-bond donors (Lipinski definition) is 1. The van der Waals surface area contributed by atoms with Crippen LogP contribution in [0.25, 0.3) is 0 Å². The van der Waals surface area contributed by atoms with Gasteiger partial charge in [-0.25, -0.2) is 9.97 Å². The lowest BCUT2D eigenvalue weighted by Gasteiger charge is -2.07. The molecule has 0 amide bonds. The summed E-state index contributed by atoms with van der Waals surface area (Å²) in [6.07, 6.45) is 7.00. The van der Waals surface area contributed by atoms with E-state index in [0.717, 1.165) is 30.1 Å². The highest BCUT2D eigenvalue weighted by Crippen LogP contribution is 2.45. The molecule has 1 aliphatic rings. The first-order chi connectivity index (χ1) is 7.20. The first kappa shape index (κ1) is 10.6. The van der Waals surface area contributed by atoms with Crippen LogP contribution in [0.4, 0.5) is 0 Å². The third-order valence-electron chi connectivity index (χ3n) is 3.19. The highest BCUT2D eigenvalue weighted by atomic mass is 14.9. The Morgan fingerprint density at radius 2 is 2.07 bits per heavy atom. The molecule has 3 atom stereocenters. The third kappa shape index (κ3) is 2.53. The van der Waals surface area contributed by atoms with Crippen molar-refractivity contribution in [3.63, 3.8) is 0 Å². The van der Waals surface area contributed by atoms with E-state index in [4.69, 9.17) is 5.73 Å². The molecule has 2 N–H and O–H groups in total. The zero-order valence-corrected chi connectivity index (χ0v) is 9.48. The minimum Gasteiger partial charge on any atom is -0.327 e. The van der Waals surface area contributed by atoms with Crippen LogP contribution in [0.2, 0.25) is 0 Å². The Morgan fingerprint density at radius 3 is 2.53 bits per heavy atom. The average Bonchev–Trinajstić information content (AvgIpc) is 2.96. The van der Waals surface area contributed by atoms with E-state index in [2.05, 4.69) is 23.8 Å². The fourth-order valence-corrected chi connectivity index (χ4v) is 1.79. The van der Waals surface area contributed by atoms with E-state index in [1.54, 1.807) is 0 Å². The Morgan fingerprint density at radius 1 is 1.47 bits per heavy atom. The van der Waals surface area contributed by atoms with Crippen LogP contribution in [0.5, 0.6) is 0 Å². The van der Waals surface area contributed by atoms with Gasteiger partial charge in [-0.15, -0.1) is 0 Å². The Bertz CT molecular complexity index is 320. The van der Waals surface area contributed by atoms with Crippen molar-refractivity contribution in [3.8, 4) is 0 Å². The first-order valence-electron chi connectivity index (χ1n) is 5.77. The van der Waals surface area contributed by atoms with Gasteiger partial charge in [-0.3, -0.25) is 0 Å². The molecule has 0 radical (unpaired) electrons. The number of nitrogens with zero attached hydrogens (tertiary/aromatic N) is 2. The second-order valence-corrected chi connectivity index (χ2v) is 4.64. The molecule has 3 heteroatoms. The van der Waals surface area contributed by atoms with Crippen molar-refractivity contribution in [2.45, 2.75) is 45.1 Å². The van der Waals surface area contributed by atoms with Crippen molar-refractivity contribution >= 4 is 0 Å². The molecule has 3 unspecified atom stereocenters. The van der Waals surface area contributed by atoms with Crippen LogP contribution in [0, 0.1) is 5.92 Å². The van der Waals surface area contributed by atoms with Gasteiger partial charge >= 0.3 is 0 Å². The Labute approximate surface area is 91.1 Å². The van der Waals surface area contributed by atoms with Gasteiger partial charge < -0.3 is 5.73 Å². The van der Waals surface area contributed by atoms with Crippen LogP contribution in [0.1, 0.15) is 44.0 Å². The summed E-state index contributed by atoms with van der Waals surface area (Å²) in [4.78, 5) is 8.82. The van der Waals surface area contributed by atoms with Crippen LogP contribution in [-0.2, 0) is 6.42 Å². The highest BCUT2D eigenvalue weighted by Gasteiger charge is 2.36. The second kappa shape index (κ2) is 4.27. The number of rotatable bonds is 4. The fraction of sp³-hybridized carbons (Fsp3) is 0.667. The summed E-state index contributed by atoms with van der Waals surface area (Å²) in [5, 5.41) is 0. The largest absolute Gasteiger partial charge is 0.327 e. The number of aromatic nitrogens is 2. The summed E-state index contributed by atoms with van der Waals surface area (Å²) in [7, 11) is 0. The summed E-state index contributed by atoms with van der Waals surface area (Å²) in [6, 6.07) is 0.235. The molecule has 1 aromatic rings. The smallest absolute Gasteiger partial charge is 0.131 e. The maximum absolute atomic E-state index is 5.88. The molecule has 0 aliphatic heterocycles. The molecule has 1 aromatic heterocycles. The quantitative estimate of drug-likeness (QED) is 0.816. The van der Waals surface area contributed by atoms with E-state index in [1.165, 1.54) is 6.42 Å². The molecule has 0 bridgehead atoms. The molecule has 3 nitrogen and oxygen atoms in total. The van der Waals surface area contributed by atoms with E-state index >= 15 is 0 Å². The minimum atomic E-state index is 0.235. The lowest BCUT2D eigenvalue weighted by atomic mass is 10.1. The predicted octanol–water partition coefficient (Wildman–Crippen LogP) is 1.88. The Balaban J connectivity index is 1.98. The summed E-state index contributed by atoms with van der Waals surface area (Å²) in [5.41, 5.74) is 7.04. The molecule has 0 aromatic carbocycles. The van der Waals surface area contributed by atoms with E-state index in [-0.39, 0.29) is 6.04 Å². The van der Waals surface area contributed by atoms with Crippen molar-refractivity contribution in [1.82, 2.24) is 9.97 Å². The molecule has 0 spiro atoms. The standard InChI is InChI=1S/C12H19N3/c1-3-10(13)5-9-6-14-12(15-7-9)11-4-8(11)2/h6-8,10-11H,3-5,13H2,1-2H3. The highest BCUT2D eigenvalue weighted by molar-refractivity contribution is 5.13. The van der Waals surface area contributed by atoms with Crippen molar-refractivity contribution in [1.29, 1.82) is 0 Å². The molecule has 1 heterocycles. The molecule has 0 saturated heterocycles. The SMILES string of the molecule is CCC(N)Cc1cnc(C2CC2C)nc1. The normalized spacial score (nSPS) is 26.3. The fourth-order valence-electron chi connectivity index (χ4n) is 1.79. The lowest BCUT2D eigenvalue weighted by Crippen LogP contribution is -2.21. The van der Waals surface area contributed by atoms with Crippen LogP contribution in [-0.4, -0.2) is 16.0 Å². The van der Waals surface area contributed by atoms with Gasteiger partial charge in [0.15, 0.2) is 0 Å². The van der Waals surface area contributed by atoms with Crippen molar-refractivity contribution in [2.75, 3.05) is 0 Å². The van der Waals surface area contributed by atoms with Gasteiger partial charge in [0.1, 0.15) is 5.82 Å². The molecule has 1 saturated carbocycles. The summed E-state index contributed by atoms with van der Waals surface area (Å²) in [6.45, 7) is 4.35. The molecule has 2 rings (SSSR count). The van der Waals surface area contributed by atoms with Crippen LogP contribution in [0.15, 0.2) is 12.4 Å². The van der Waals surface area contributed by atoms with Gasteiger partial charge in [-0.2, -0.15) is 0 Å². The average molecular weight is 205 g/mol. The predicted molar refractivity (Wildman–Crippen MR) is 60.5 cm³/mol. The summed E-state index contributed by atoms with van der Waals surface area (Å²) >= 11 is 0. The van der Waals surface area contributed by atoms with Crippen molar-refractivity contribution in [2.24, 2.45) is 11.7 Å². The van der Waals surface area contributed by atoms with Gasteiger partial charge in [0.2, 0.25) is 0 Å². The topological polar surface area (TPSA) is 51.8 Å². The van der Waals surface area contributed by atoms with Gasteiger partial charge in [0, 0.05) is 24.4 Å². The molecule has 1 aliphatic carbocycles. The monoisotopic (exact) mass is 205 g/mol. The van der Waals surface area contributed by atoms with Crippen LogP contribution < -0.4 is 5.73 Å². The molecule has 82 valence electrons. The maximum Gasteiger partial charge on any atom is 0.131 e. The zero-order chi connectivity index (χ0) is 10.8. The second-order valence-electron chi connectivity index (χ2n) is 4.64. The Hall–Kier alpha value is -0.960. The van der Waals surface area contributed by atoms with Gasteiger partial charge in [0.25, 0.3) is 0 Å². The van der Waals surface area contributed by atoms with Crippen LogP contribution in [0.3, 0.4) is 0 Å². The van der Waals surface area contributed by atoms with Crippen molar-refractivity contribution in [3.05, 3.63) is 23.8 Å². The Kier molecular flexibility index (Phi) is 3.00.